The number of hydrogen-bond acceptors (Lipinski definition) is 5. The highest BCUT2D eigenvalue weighted by Gasteiger charge is 2.38. The van der Waals surface area contributed by atoms with Crippen LogP contribution in [0, 0.1) is 13.8 Å². The molecular formula is C22H19F3N4O4. The number of aryl methyl sites for hydroxylation is 3. The van der Waals surface area contributed by atoms with E-state index in [0.717, 1.165) is 52.2 Å². The molecule has 1 aliphatic heterocycles. The fourth-order valence-electron chi connectivity index (χ4n) is 4.20. The Balaban J connectivity index is 0.000000325. The van der Waals surface area contributed by atoms with Crippen molar-refractivity contribution >= 4 is 17.0 Å². The third kappa shape index (κ3) is 4.01. The van der Waals surface area contributed by atoms with Gasteiger partial charge in [-0.05, 0) is 56.0 Å². The topological polar surface area (TPSA) is 114 Å². The summed E-state index contributed by atoms with van der Waals surface area (Å²) in [6, 6.07) is 9.83. The highest BCUT2D eigenvalue weighted by atomic mass is 19.4. The molecule has 0 spiro atoms. The van der Waals surface area contributed by atoms with E-state index >= 15 is 0 Å². The van der Waals surface area contributed by atoms with Crippen molar-refractivity contribution in [2.75, 3.05) is 0 Å². The second kappa shape index (κ2) is 8.23. The number of carbonyl (C=O) groups is 1. The van der Waals surface area contributed by atoms with Gasteiger partial charge in [-0.15, -0.1) is 0 Å². The molecule has 0 fully saturated rings. The number of carboxylic acid groups (broad SMARTS) is 1. The van der Waals surface area contributed by atoms with Crippen LogP contribution in [0.2, 0.25) is 0 Å². The van der Waals surface area contributed by atoms with Crippen molar-refractivity contribution in [3.05, 3.63) is 69.7 Å². The second-order valence-electron chi connectivity index (χ2n) is 7.60. The van der Waals surface area contributed by atoms with Gasteiger partial charge in [0.1, 0.15) is 5.76 Å². The van der Waals surface area contributed by atoms with Crippen molar-refractivity contribution in [1.29, 1.82) is 0 Å². The molecule has 4 heterocycles. The Morgan fingerprint density at radius 1 is 1.24 bits per heavy atom. The molecule has 8 nitrogen and oxygen atoms in total. The maximum atomic E-state index is 12.7. The van der Waals surface area contributed by atoms with Crippen LogP contribution in [0.25, 0.3) is 22.2 Å². The minimum Gasteiger partial charge on any atom is -0.475 e. The van der Waals surface area contributed by atoms with Crippen molar-refractivity contribution in [2.45, 2.75) is 38.9 Å². The number of hydrogen-bond donors (Lipinski definition) is 2. The van der Waals surface area contributed by atoms with Gasteiger partial charge in [0.2, 0.25) is 0 Å². The zero-order valence-corrected chi connectivity index (χ0v) is 17.6. The van der Waals surface area contributed by atoms with Crippen LogP contribution in [0.5, 0.6) is 0 Å². The van der Waals surface area contributed by atoms with Crippen molar-refractivity contribution in [1.82, 2.24) is 19.7 Å². The lowest BCUT2D eigenvalue weighted by Gasteiger charge is -2.25. The summed E-state index contributed by atoms with van der Waals surface area (Å²) >= 11 is 0. The molecule has 0 amide bonds. The molecule has 0 saturated carbocycles. The maximum Gasteiger partial charge on any atom is 0.490 e. The molecular weight excluding hydrogens is 441 g/mol. The predicted molar refractivity (Wildman–Crippen MR) is 112 cm³/mol. The van der Waals surface area contributed by atoms with Gasteiger partial charge in [0.05, 0.1) is 28.5 Å². The molecule has 5 rings (SSSR count). The first kappa shape index (κ1) is 22.3. The van der Waals surface area contributed by atoms with Crippen LogP contribution in [-0.4, -0.2) is 36.9 Å². The first-order valence-corrected chi connectivity index (χ1v) is 10.00. The number of aliphatic carboxylic acids is 1. The largest absolute Gasteiger partial charge is 0.490 e. The lowest BCUT2D eigenvalue weighted by molar-refractivity contribution is -0.192. The molecule has 33 heavy (non-hydrogen) atoms. The minimum atomic E-state index is -5.08. The molecule has 0 aliphatic carbocycles. The van der Waals surface area contributed by atoms with Gasteiger partial charge < -0.3 is 14.6 Å². The number of aromatic amines is 1. The van der Waals surface area contributed by atoms with Crippen LogP contribution in [-0.2, 0) is 11.2 Å². The number of benzene rings is 1. The first-order chi connectivity index (χ1) is 15.6. The summed E-state index contributed by atoms with van der Waals surface area (Å²) in [6.45, 7) is 3.88. The second-order valence-corrected chi connectivity index (χ2v) is 7.60. The average molecular weight is 460 g/mol. The van der Waals surface area contributed by atoms with Gasteiger partial charge in [0.15, 0.2) is 0 Å². The van der Waals surface area contributed by atoms with Gasteiger partial charge in [0, 0.05) is 11.8 Å². The van der Waals surface area contributed by atoms with Crippen molar-refractivity contribution in [2.24, 2.45) is 0 Å². The number of imidazole rings is 1. The van der Waals surface area contributed by atoms with Crippen LogP contribution in [0.3, 0.4) is 0 Å². The highest BCUT2D eigenvalue weighted by Crippen LogP contribution is 2.39. The third-order valence-electron chi connectivity index (χ3n) is 5.54. The zero-order valence-electron chi connectivity index (χ0n) is 17.6. The van der Waals surface area contributed by atoms with Gasteiger partial charge in [-0.2, -0.15) is 13.2 Å². The monoisotopic (exact) mass is 460 g/mol. The van der Waals surface area contributed by atoms with E-state index in [4.69, 9.17) is 14.4 Å². The quantitative estimate of drug-likeness (QED) is 0.464. The van der Waals surface area contributed by atoms with E-state index in [9.17, 15) is 18.0 Å². The molecule has 1 aromatic carbocycles. The van der Waals surface area contributed by atoms with E-state index in [1.54, 1.807) is 6.20 Å². The van der Waals surface area contributed by atoms with Crippen molar-refractivity contribution < 1.29 is 27.6 Å². The summed E-state index contributed by atoms with van der Waals surface area (Å²) in [6.07, 6.45) is -1.60. The number of carboxylic acids is 1. The van der Waals surface area contributed by atoms with Crippen molar-refractivity contribution in [3.63, 3.8) is 0 Å². The smallest absolute Gasteiger partial charge is 0.475 e. The summed E-state index contributed by atoms with van der Waals surface area (Å²) in [5.41, 5.74) is 6.82. The lowest BCUT2D eigenvalue weighted by atomic mass is 9.89. The summed E-state index contributed by atoms with van der Waals surface area (Å²) in [7, 11) is 0. The molecule has 4 aromatic rings. The van der Waals surface area contributed by atoms with E-state index in [-0.39, 0.29) is 11.7 Å². The number of pyridine rings is 1. The maximum absolute atomic E-state index is 12.7. The standard InChI is InChI=1S/C20H18N4O2.C2HF3O2/c1-11-18(12(2)26-23-11)13-6-8-16-19-14(13)7-9-17(24(19)20(25)22-16)15-5-3-4-10-21-15;3-2(4,5)1(6)7/h3-6,8,10,17H,7,9H2,1-2H3,(H,22,25);(H,6,7). The number of halogens is 3. The molecule has 0 radical (unpaired) electrons. The Bertz CT molecular complexity index is 1370. The molecule has 0 bridgehead atoms. The predicted octanol–water partition coefficient (Wildman–Crippen LogP) is 4.17. The number of rotatable bonds is 2. The Morgan fingerprint density at radius 2 is 1.97 bits per heavy atom. The van der Waals surface area contributed by atoms with E-state index < -0.39 is 12.1 Å². The average Bonchev–Trinajstić information content (AvgIpc) is 3.29. The molecule has 2 N–H and O–H groups in total. The van der Waals surface area contributed by atoms with Gasteiger partial charge in [-0.1, -0.05) is 17.3 Å². The fourth-order valence-corrected chi connectivity index (χ4v) is 4.20. The third-order valence-corrected chi connectivity index (χ3v) is 5.54. The van der Waals surface area contributed by atoms with Gasteiger partial charge in [0.25, 0.3) is 0 Å². The van der Waals surface area contributed by atoms with Crippen LogP contribution in [0.1, 0.15) is 35.2 Å². The van der Waals surface area contributed by atoms with Gasteiger partial charge >= 0.3 is 17.8 Å². The van der Waals surface area contributed by atoms with Gasteiger partial charge in [-0.25, -0.2) is 9.59 Å². The number of nitrogens with zero attached hydrogens (tertiary/aromatic N) is 3. The van der Waals surface area contributed by atoms with Crippen molar-refractivity contribution in [3.8, 4) is 11.1 Å². The molecule has 1 atom stereocenters. The van der Waals surface area contributed by atoms with Crippen LogP contribution >= 0.6 is 0 Å². The summed E-state index contributed by atoms with van der Waals surface area (Å²) in [5, 5.41) is 11.2. The van der Waals surface area contributed by atoms with Crippen LogP contribution < -0.4 is 5.69 Å². The van der Waals surface area contributed by atoms with E-state index in [1.165, 1.54) is 5.56 Å². The number of aromatic nitrogens is 4. The van der Waals surface area contributed by atoms with E-state index in [1.807, 2.05) is 42.7 Å². The Labute approximate surface area is 184 Å². The van der Waals surface area contributed by atoms with E-state index in [2.05, 4.69) is 21.2 Å². The summed E-state index contributed by atoms with van der Waals surface area (Å²) in [4.78, 5) is 29.1. The molecule has 1 unspecified atom stereocenters. The highest BCUT2D eigenvalue weighted by molar-refractivity contribution is 5.89. The lowest BCUT2D eigenvalue weighted by Crippen LogP contribution is -2.27. The number of nitrogens with one attached hydrogen (secondary N) is 1. The molecule has 0 saturated heterocycles. The molecule has 1 aliphatic rings. The molecule has 11 heteroatoms. The Hall–Kier alpha value is -3.89. The number of H-pyrrole nitrogens is 1. The first-order valence-electron chi connectivity index (χ1n) is 10.00. The Morgan fingerprint density at radius 3 is 2.55 bits per heavy atom. The van der Waals surface area contributed by atoms with Crippen LogP contribution in [0.4, 0.5) is 13.2 Å². The zero-order chi connectivity index (χ0) is 23.9. The van der Waals surface area contributed by atoms with Crippen LogP contribution in [0.15, 0.2) is 45.8 Å². The molecule has 172 valence electrons. The fraction of sp³-hybridized carbons (Fsp3) is 0.273. The Kier molecular flexibility index (Phi) is 5.56. The summed E-state index contributed by atoms with van der Waals surface area (Å²) < 4.78 is 39.0. The minimum absolute atomic E-state index is 0.0510. The summed E-state index contributed by atoms with van der Waals surface area (Å²) in [5.74, 6) is -1.96. The SMILES string of the molecule is Cc1noc(C)c1-c1ccc2[nH]c(=O)n3c2c1CCC3c1ccccn1.O=C(O)C(F)(F)F. The van der Waals surface area contributed by atoms with E-state index in [0.29, 0.717) is 0 Å². The molecule has 3 aromatic heterocycles. The normalized spacial score (nSPS) is 15.2. The van der Waals surface area contributed by atoms with Gasteiger partial charge in [-0.3, -0.25) is 9.55 Å². The number of alkyl halides is 3.